The van der Waals surface area contributed by atoms with Crippen LogP contribution in [0.4, 0.5) is 0 Å². The molecular weight excluding hydrogens is 380 g/mol. The molecule has 20 heavy (non-hydrogen) atoms. The number of nitrogens with one attached hydrogen (secondary N) is 1. The van der Waals surface area contributed by atoms with E-state index in [1.165, 1.54) is 16.7 Å². The summed E-state index contributed by atoms with van der Waals surface area (Å²) in [7, 11) is 0. The van der Waals surface area contributed by atoms with Crippen molar-refractivity contribution in [3.05, 3.63) is 62.3 Å². The lowest BCUT2D eigenvalue weighted by Gasteiger charge is -2.21. The summed E-state index contributed by atoms with van der Waals surface area (Å²) in [6.07, 6.45) is 4.68. The lowest BCUT2D eigenvalue weighted by Crippen LogP contribution is -2.23. The van der Waals surface area contributed by atoms with Gasteiger partial charge in [0.1, 0.15) is 0 Å². The number of nitrogens with zero attached hydrogens (tertiary/aromatic N) is 1. The number of benzene rings is 1. The number of likely N-dealkylation sites (N-methyl/N-ethyl adjacent to an activating group) is 1. The maximum Gasteiger partial charge on any atom is 0.0410 e. The Balaban J connectivity index is 2.29. The summed E-state index contributed by atoms with van der Waals surface area (Å²) in [5.74, 6) is 0. The topological polar surface area (TPSA) is 24.9 Å². The van der Waals surface area contributed by atoms with Gasteiger partial charge < -0.3 is 5.32 Å². The third kappa shape index (κ3) is 4.14. The highest BCUT2D eigenvalue weighted by Crippen LogP contribution is 2.25. The number of halogens is 2. The minimum Gasteiger partial charge on any atom is -0.310 e. The van der Waals surface area contributed by atoms with Crippen LogP contribution in [-0.2, 0) is 6.42 Å². The second-order valence-electron chi connectivity index (χ2n) is 4.83. The molecule has 2 aromatic rings. The van der Waals surface area contributed by atoms with Gasteiger partial charge in [0.2, 0.25) is 0 Å². The summed E-state index contributed by atoms with van der Waals surface area (Å²) >= 11 is 7.05. The summed E-state index contributed by atoms with van der Waals surface area (Å²) in [6, 6.07) is 8.87. The highest BCUT2D eigenvalue weighted by atomic mass is 79.9. The highest BCUT2D eigenvalue weighted by molar-refractivity contribution is 9.10. The fourth-order valence-corrected chi connectivity index (χ4v) is 3.12. The molecule has 0 saturated carbocycles. The minimum atomic E-state index is 0.300. The van der Waals surface area contributed by atoms with Crippen LogP contribution in [0.2, 0.25) is 0 Å². The Kier molecular flexibility index (Phi) is 5.75. The summed E-state index contributed by atoms with van der Waals surface area (Å²) in [5.41, 5.74) is 3.87. The zero-order valence-corrected chi connectivity index (χ0v) is 14.8. The number of aromatic nitrogens is 1. The van der Waals surface area contributed by atoms with Gasteiger partial charge in [0.15, 0.2) is 0 Å². The molecule has 1 atom stereocenters. The van der Waals surface area contributed by atoms with E-state index >= 15 is 0 Å². The van der Waals surface area contributed by atoms with E-state index in [2.05, 4.69) is 80.3 Å². The zero-order chi connectivity index (χ0) is 14.5. The van der Waals surface area contributed by atoms with Crippen molar-refractivity contribution in [1.82, 2.24) is 10.3 Å². The van der Waals surface area contributed by atoms with Gasteiger partial charge in [0, 0.05) is 27.4 Å². The Hall–Kier alpha value is -0.710. The molecule has 106 valence electrons. The Morgan fingerprint density at radius 2 is 1.95 bits per heavy atom. The van der Waals surface area contributed by atoms with Crippen molar-refractivity contribution in [2.75, 3.05) is 6.54 Å². The van der Waals surface area contributed by atoms with Crippen molar-refractivity contribution in [2.24, 2.45) is 0 Å². The van der Waals surface area contributed by atoms with Crippen LogP contribution >= 0.6 is 31.9 Å². The summed E-state index contributed by atoms with van der Waals surface area (Å²) in [5, 5.41) is 3.57. The van der Waals surface area contributed by atoms with Gasteiger partial charge in [0.25, 0.3) is 0 Å². The van der Waals surface area contributed by atoms with Crippen LogP contribution in [0.3, 0.4) is 0 Å². The van der Waals surface area contributed by atoms with Crippen LogP contribution in [0.15, 0.2) is 45.6 Å². The maximum absolute atomic E-state index is 4.25. The van der Waals surface area contributed by atoms with E-state index in [4.69, 9.17) is 0 Å². The zero-order valence-electron chi connectivity index (χ0n) is 11.7. The molecule has 1 heterocycles. The largest absolute Gasteiger partial charge is 0.310 e. The fraction of sp³-hybridized carbons (Fsp3) is 0.312. The van der Waals surface area contributed by atoms with Crippen molar-refractivity contribution in [3.63, 3.8) is 0 Å². The number of pyridine rings is 1. The molecule has 0 spiro atoms. The molecule has 2 nitrogen and oxygen atoms in total. The molecule has 0 aliphatic heterocycles. The van der Waals surface area contributed by atoms with Crippen molar-refractivity contribution in [2.45, 2.75) is 26.3 Å². The number of hydrogen-bond acceptors (Lipinski definition) is 2. The molecule has 2 rings (SSSR count). The van der Waals surface area contributed by atoms with Crippen LogP contribution in [0, 0.1) is 6.92 Å². The molecule has 0 saturated heterocycles. The van der Waals surface area contributed by atoms with Crippen molar-refractivity contribution in [1.29, 1.82) is 0 Å². The molecule has 0 fully saturated rings. The third-order valence-corrected chi connectivity index (χ3v) is 4.20. The van der Waals surface area contributed by atoms with E-state index in [0.29, 0.717) is 6.04 Å². The van der Waals surface area contributed by atoms with E-state index in [1.54, 1.807) is 0 Å². The number of aryl methyl sites for hydroxylation is 1. The molecule has 0 radical (unpaired) electrons. The van der Waals surface area contributed by atoms with E-state index < -0.39 is 0 Å². The normalized spacial score (nSPS) is 12.4. The highest BCUT2D eigenvalue weighted by Gasteiger charge is 2.14. The molecule has 0 amide bonds. The van der Waals surface area contributed by atoms with E-state index in [0.717, 1.165) is 21.9 Å². The van der Waals surface area contributed by atoms with Gasteiger partial charge >= 0.3 is 0 Å². The minimum absolute atomic E-state index is 0.300. The first-order chi connectivity index (χ1) is 9.60. The molecule has 0 aliphatic rings. The van der Waals surface area contributed by atoms with Gasteiger partial charge in [-0.3, -0.25) is 4.98 Å². The second-order valence-corrected chi connectivity index (χ2v) is 6.66. The Labute approximate surface area is 137 Å². The predicted molar refractivity (Wildman–Crippen MR) is 90.9 cm³/mol. The lowest BCUT2D eigenvalue weighted by atomic mass is 9.96. The van der Waals surface area contributed by atoms with Gasteiger partial charge in [-0.2, -0.15) is 0 Å². The maximum atomic E-state index is 4.25. The average molecular weight is 398 g/mol. The number of hydrogen-bond donors (Lipinski definition) is 1. The van der Waals surface area contributed by atoms with Gasteiger partial charge in [-0.05, 0) is 70.7 Å². The first kappa shape index (κ1) is 15.7. The van der Waals surface area contributed by atoms with Crippen LogP contribution in [0.5, 0.6) is 0 Å². The van der Waals surface area contributed by atoms with Crippen LogP contribution in [0.1, 0.15) is 29.7 Å². The predicted octanol–water partition coefficient (Wildman–Crippen LogP) is 4.81. The van der Waals surface area contributed by atoms with Crippen molar-refractivity contribution < 1.29 is 0 Å². The molecule has 4 heteroatoms. The fourth-order valence-electron chi connectivity index (χ4n) is 2.33. The first-order valence-electron chi connectivity index (χ1n) is 6.69. The van der Waals surface area contributed by atoms with Gasteiger partial charge in [0.05, 0.1) is 0 Å². The third-order valence-electron chi connectivity index (χ3n) is 3.27. The molecule has 1 aromatic heterocycles. The van der Waals surface area contributed by atoms with E-state index in [9.17, 15) is 0 Å². The standard InChI is InChI=1S/C16H18Br2N2/c1-3-20-16(7-12-6-14(18)10-19-9-12)15-8-13(17)5-4-11(15)2/h4-6,8-10,16,20H,3,7H2,1-2H3. The van der Waals surface area contributed by atoms with E-state index in [1.807, 2.05) is 12.4 Å². The van der Waals surface area contributed by atoms with Crippen LogP contribution < -0.4 is 5.32 Å². The van der Waals surface area contributed by atoms with E-state index in [-0.39, 0.29) is 0 Å². The average Bonchev–Trinajstić information content (AvgIpc) is 2.41. The smallest absolute Gasteiger partial charge is 0.0410 e. The summed E-state index contributed by atoms with van der Waals surface area (Å²) in [4.78, 5) is 4.25. The first-order valence-corrected chi connectivity index (χ1v) is 8.27. The van der Waals surface area contributed by atoms with Crippen molar-refractivity contribution in [3.8, 4) is 0 Å². The quantitative estimate of drug-likeness (QED) is 0.782. The van der Waals surface area contributed by atoms with Gasteiger partial charge in [-0.1, -0.05) is 28.9 Å². The molecule has 1 N–H and O–H groups in total. The Morgan fingerprint density at radius 3 is 2.65 bits per heavy atom. The lowest BCUT2D eigenvalue weighted by molar-refractivity contribution is 0.546. The van der Waals surface area contributed by atoms with Gasteiger partial charge in [-0.15, -0.1) is 0 Å². The number of rotatable bonds is 5. The summed E-state index contributed by atoms with van der Waals surface area (Å²) < 4.78 is 2.14. The van der Waals surface area contributed by atoms with Crippen LogP contribution in [0.25, 0.3) is 0 Å². The molecule has 0 bridgehead atoms. The monoisotopic (exact) mass is 396 g/mol. The SMILES string of the molecule is CCNC(Cc1cncc(Br)c1)c1cc(Br)ccc1C. The molecule has 1 unspecified atom stereocenters. The second kappa shape index (κ2) is 7.34. The summed E-state index contributed by atoms with van der Waals surface area (Å²) in [6.45, 7) is 5.24. The van der Waals surface area contributed by atoms with Crippen molar-refractivity contribution >= 4 is 31.9 Å². The van der Waals surface area contributed by atoms with Gasteiger partial charge in [-0.25, -0.2) is 0 Å². The Morgan fingerprint density at radius 1 is 1.15 bits per heavy atom. The Bertz CT molecular complexity index is 584. The van der Waals surface area contributed by atoms with Crippen LogP contribution in [-0.4, -0.2) is 11.5 Å². The molecule has 0 aliphatic carbocycles. The molecule has 1 aromatic carbocycles. The molecular formula is C16H18Br2N2.